The van der Waals surface area contributed by atoms with Crippen molar-refractivity contribution in [3.05, 3.63) is 27.7 Å². The number of alkyl halides is 3. The molecular formula is C9H6BrF3O2. The van der Waals surface area contributed by atoms with Crippen LogP contribution in [0.1, 0.15) is 22.8 Å². The number of carbonyl (C=O) groups excluding carboxylic acids is 1. The highest BCUT2D eigenvalue weighted by molar-refractivity contribution is 9.10. The van der Waals surface area contributed by atoms with Gasteiger partial charge in [-0.25, -0.2) is 0 Å². The number of aromatic hydroxyl groups is 1. The molecule has 0 aliphatic heterocycles. The molecule has 0 radical (unpaired) electrons. The van der Waals surface area contributed by atoms with Crippen LogP contribution in [-0.2, 0) is 6.18 Å². The number of rotatable bonds is 1. The maximum Gasteiger partial charge on any atom is 0.419 e. The highest BCUT2D eigenvalue weighted by Crippen LogP contribution is 2.38. The molecule has 0 aromatic heterocycles. The molecule has 0 saturated heterocycles. The van der Waals surface area contributed by atoms with Crippen molar-refractivity contribution in [3.8, 4) is 5.75 Å². The predicted molar refractivity (Wildman–Crippen MR) is 50.8 cm³/mol. The van der Waals surface area contributed by atoms with Gasteiger partial charge in [0.05, 0.1) is 5.56 Å². The number of ketones is 1. The van der Waals surface area contributed by atoms with E-state index in [0.717, 1.165) is 6.07 Å². The van der Waals surface area contributed by atoms with Gasteiger partial charge in [0.15, 0.2) is 5.78 Å². The number of hydrogen-bond acceptors (Lipinski definition) is 2. The number of phenolic OH excluding ortho intramolecular Hbond substituents is 1. The Morgan fingerprint density at radius 1 is 1.40 bits per heavy atom. The number of carbonyl (C=O) groups is 1. The van der Waals surface area contributed by atoms with Gasteiger partial charge in [-0.1, -0.05) is 15.9 Å². The summed E-state index contributed by atoms with van der Waals surface area (Å²) in [4.78, 5) is 11.0. The van der Waals surface area contributed by atoms with Crippen LogP contribution in [0.4, 0.5) is 13.2 Å². The van der Waals surface area contributed by atoms with Crippen LogP contribution in [0.5, 0.6) is 5.75 Å². The van der Waals surface area contributed by atoms with Gasteiger partial charge in [0, 0.05) is 10.0 Å². The zero-order chi connectivity index (χ0) is 11.8. The van der Waals surface area contributed by atoms with Gasteiger partial charge in [0.1, 0.15) is 5.75 Å². The zero-order valence-electron chi connectivity index (χ0n) is 7.52. The number of phenols is 1. The van der Waals surface area contributed by atoms with Crippen molar-refractivity contribution in [2.24, 2.45) is 0 Å². The Morgan fingerprint density at radius 3 is 2.33 bits per heavy atom. The minimum absolute atomic E-state index is 0.0140. The first-order chi connectivity index (χ1) is 6.73. The maximum atomic E-state index is 12.3. The minimum Gasteiger partial charge on any atom is -0.507 e. The average Bonchev–Trinajstić information content (AvgIpc) is 2.06. The van der Waals surface area contributed by atoms with Crippen molar-refractivity contribution in [2.45, 2.75) is 13.1 Å². The topological polar surface area (TPSA) is 37.3 Å². The van der Waals surface area contributed by atoms with E-state index in [4.69, 9.17) is 5.11 Å². The molecule has 1 rings (SSSR count). The van der Waals surface area contributed by atoms with Crippen molar-refractivity contribution in [1.82, 2.24) is 0 Å². The van der Waals surface area contributed by atoms with Gasteiger partial charge in [-0.2, -0.15) is 13.2 Å². The summed E-state index contributed by atoms with van der Waals surface area (Å²) in [5.41, 5.74) is -1.15. The molecule has 82 valence electrons. The van der Waals surface area contributed by atoms with Gasteiger partial charge in [0.2, 0.25) is 0 Å². The molecule has 1 aromatic carbocycles. The highest BCUT2D eigenvalue weighted by Gasteiger charge is 2.34. The van der Waals surface area contributed by atoms with Gasteiger partial charge < -0.3 is 5.11 Å². The van der Waals surface area contributed by atoms with Crippen molar-refractivity contribution >= 4 is 21.7 Å². The number of Topliss-reactive ketones (excluding diaryl/α,β-unsaturated/α-hetero) is 1. The second-order valence-corrected chi connectivity index (χ2v) is 3.76. The monoisotopic (exact) mass is 282 g/mol. The first-order valence-electron chi connectivity index (χ1n) is 3.84. The maximum absolute atomic E-state index is 12.3. The normalized spacial score (nSPS) is 11.5. The lowest BCUT2D eigenvalue weighted by atomic mass is 10.1. The predicted octanol–water partition coefficient (Wildman–Crippen LogP) is 3.38. The van der Waals surface area contributed by atoms with Crippen molar-refractivity contribution in [3.63, 3.8) is 0 Å². The molecule has 0 aliphatic rings. The third-order valence-electron chi connectivity index (χ3n) is 1.77. The Kier molecular flexibility index (Phi) is 3.08. The van der Waals surface area contributed by atoms with Crippen LogP contribution in [0, 0.1) is 0 Å². The molecule has 0 aliphatic carbocycles. The lowest BCUT2D eigenvalue weighted by Gasteiger charge is -2.11. The third kappa shape index (κ3) is 2.50. The van der Waals surface area contributed by atoms with Gasteiger partial charge >= 0.3 is 6.18 Å². The summed E-state index contributed by atoms with van der Waals surface area (Å²) in [6.07, 6.45) is -4.64. The molecule has 0 amide bonds. The minimum atomic E-state index is -4.64. The zero-order valence-corrected chi connectivity index (χ0v) is 9.11. The Labute approximate surface area is 91.8 Å². The molecule has 0 bridgehead atoms. The Hall–Kier alpha value is -1.04. The van der Waals surface area contributed by atoms with Crippen LogP contribution in [0.3, 0.4) is 0 Å². The van der Waals surface area contributed by atoms with Crippen LogP contribution in [0.15, 0.2) is 16.6 Å². The highest BCUT2D eigenvalue weighted by atomic mass is 79.9. The molecule has 0 saturated carbocycles. The smallest absolute Gasteiger partial charge is 0.419 e. The lowest BCUT2D eigenvalue weighted by molar-refractivity contribution is -0.138. The van der Waals surface area contributed by atoms with E-state index < -0.39 is 23.3 Å². The summed E-state index contributed by atoms with van der Waals surface area (Å²) in [6, 6.07) is 1.49. The van der Waals surface area contributed by atoms with E-state index in [2.05, 4.69) is 15.9 Å². The summed E-state index contributed by atoms with van der Waals surface area (Å²) in [5.74, 6) is -1.37. The van der Waals surface area contributed by atoms with E-state index in [0.29, 0.717) is 6.07 Å². The fraction of sp³-hybridized carbons (Fsp3) is 0.222. The Bertz CT molecular complexity index is 413. The molecule has 1 aromatic rings. The first kappa shape index (κ1) is 12.0. The number of benzene rings is 1. The largest absolute Gasteiger partial charge is 0.507 e. The molecule has 1 N–H and O–H groups in total. The third-order valence-corrected chi connectivity index (χ3v) is 2.43. The van der Waals surface area contributed by atoms with E-state index in [9.17, 15) is 18.0 Å². The number of halogens is 4. The quantitative estimate of drug-likeness (QED) is 0.802. The molecule has 6 heteroatoms. The van der Waals surface area contributed by atoms with Gasteiger partial charge in [-0.05, 0) is 19.1 Å². The fourth-order valence-electron chi connectivity index (χ4n) is 1.06. The van der Waals surface area contributed by atoms with Crippen molar-refractivity contribution in [2.75, 3.05) is 0 Å². The van der Waals surface area contributed by atoms with E-state index in [1.807, 2.05) is 0 Å². The Balaban J connectivity index is 3.39. The van der Waals surface area contributed by atoms with E-state index in [-0.39, 0.29) is 10.0 Å². The van der Waals surface area contributed by atoms with Gasteiger partial charge in [-0.3, -0.25) is 4.79 Å². The molecule has 0 unspecified atom stereocenters. The van der Waals surface area contributed by atoms with Crippen LogP contribution in [0.2, 0.25) is 0 Å². The SMILES string of the molecule is CC(=O)c1cc(O)c(C(F)(F)F)cc1Br. The molecule has 0 atom stereocenters. The Morgan fingerprint density at radius 2 is 1.93 bits per heavy atom. The van der Waals surface area contributed by atoms with Crippen LogP contribution < -0.4 is 0 Å². The summed E-state index contributed by atoms with van der Waals surface area (Å²) in [7, 11) is 0. The molecule has 0 heterocycles. The fourth-order valence-corrected chi connectivity index (χ4v) is 1.68. The van der Waals surface area contributed by atoms with E-state index >= 15 is 0 Å². The molecule has 0 spiro atoms. The van der Waals surface area contributed by atoms with Crippen LogP contribution >= 0.6 is 15.9 Å². The van der Waals surface area contributed by atoms with Crippen molar-refractivity contribution < 1.29 is 23.1 Å². The molecule has 2 nitrogen and oxygen atoms in total. The standard InChI is InChI=1S/C9H6BrF3O2/c1-4(14)5-2-8(15)6(3-7(5)10)9(11,12)13/h2-3,15H,1H3. The molecule has 15 heavy (non-hydrogen) atoms. The first-order valence-corrected chi connectivity index (χ1v) is 4.63. The lowest BCUT2D eigenvalue weighted by Crippen LogP contribution is -2.07. The average molecular weight is 283 g/mol. The van der Waals surface area contributed by atoms with Gasteiger partial charge in [0.25, 0.3) is 0 Å². The molecular weight excluding hydrogens is 277 g/mol. The van der Waals surface area contributed by atoms with Crippen molar-refractivity contribution in [1.29, 1.82) is 0 Å². The summed E-state index contributed by atoms with van der Waals surface area (Å²) in [6.45, 7) is 1.20. The summed E-state index contributed by atoms with van der Waals surface area (Å²) in [5, 5.41) is 9.11. The summed E-state index contributed by atoms with van der Waals surface area (Å²) >= 11 is 2.84. The van der Waals surface area contributed by atoms with Gasteiger partial charge in [-0.15, -0.1) is 0 Å². The van der Waals surface area contributed by atoms with E-state index in [1.165, 1.54) is 6.92 Å². The summed E-state index contributed by atoms with van der Waals surface area (Å²) < 4.78 is 36.9. The van der Waals surface area contributed by atoms with Crippen LogP contribution in [0.25, 0.3) is 0 Å². The van der Waals surface area contributed by atoms with E-state index in [1.54, 1.807) is 0 Å². The second kappa shape index (κ2) is 3.84. The second-order valence-electron chi connectivity index (χ2n) is 2.90. The molecule has 0 fully saturated rings. The number of hydrogen-bond donors (Lipinski definition) is 1. The van der Waals surface area contributed by atoms with Crippen LogP contribution in [-0.4, -0.2) is 10.9 Å².